The molecule has 0 aromatic heterocycles. The quantitative estimate of drug-likeness (QED) is 0.772. The average molecular weight is 350 g/mol. The van der Waals surface area contributed by atoms with E-state index in [9.17, 15) is 13.2 Å². The lowest BCUT2D eigenvalue weighted by molar-refractivity contribution is -0.0361. The fraction of sp³-hybridized carbons (Fsp3) is 0.462. The van der Waals surface area contributed by atoms with Gasteiger partial charge in [-0.25, -0.2) is 8.42 Å². The molecular weight excluding hydrogens is 337 g/mol. The Hall–Kier alpha value is -0.820. The van der Waals surface area contributed by atoms with Gasteiger partial charge in [0, 0.05) is 12.1 Å². The van der Waals surface area contributed by atoms with Crippen LogP contribution >= 0.6 is 23.2 Å². The molecule has 2 atom stereocenters. The number of carbonyl (C=O) groups is 1. The van der Waals surface area contributed by atoms with Crippen LogP contribution in [-0.2, 0) is 14.6 Å². The van der Waals surface area contributed by atoms with Crippen molar-refractivity contribution >= 4 is 38.9 Å². The molecule has 0 bridgehead atoms. The first-order valence-electron chi connectivity index (χ1n) is 6.45. The lowest BCUT2D eigenvalue weighted by Gasteiger charge is -2.36. The number of hydrogen-bond donors (Lipinski definition) is 0. The molecule has 0 saturated carbocycles. The van der Waals surface area contributed by atoms with E-state index in [0.717, 1.165) is 0 Å². The highest BCUT2D eigenvalue weighted by atomic mass is 35.5. The molecule has 2 unspecified atom stereocenters. The van der Waals surface area contributed by atoms with Crippen LogP contribution in [0.25, 0.3) is 0 Å². The lowest BCUT2D eigenvalue weighted by atomic mass is 10.1. The van der Waals surface area contributed by atoms with Gasteiger partial charge < -0.3 is 9.64 Å². The first kappa shape index (κ1) is 15.1. The van der Waals surface area contributed by atoms with E-state index in [1.54, 1.807) is 17.0 Å². The zero-order valence-corrected chi connectivity index (χ0v) is 13.3. The summed E-state index contributed by atoms with van der Waals surface area (Å²) in [7, 11) is -3.16. The standard InChI is InChI=1S/C13H13Cl2NO4S/c14-9-2-1-8(5-10(9)15)13(17)16-3-4-20-12-7-21(18,19)6-11(12)16/h1-2,5,11-12H,3-4,6-7H2. The zero-order chi connectivity index (χ0) is 15.2. The van der Waals surface area contributed by atoms with Gasteiger partial charge in [-0.3, -0.25) is 4.79 Å². The van der Waals surface area contributed by atoms with E-state index in [4.69, 9.17) is 27.9 Å². The molecule has 8 heteroatoms. The molecule has 0 N–H and O–H groups in total. The van der Waals surface area contributed by atoms with Gasteiger partial charge in [-0.05, 0) is 18.2 Å². The molecule has 1 aromatic carbocycles. The Morgan fingerprint density at radius 2 is 2.00 bits per heavy atom. The maximum Gasteiger partial charge on any atom is 0.254 e. The molecule has 0 aliphatic carbocycles. The molecule has 2 fully saturated rings. The van der Waals surface area contributed by atoms with Crippen molar-refractivity contribution in [2.45, 2.75) is 12.1 Å². The summed E-state index contributed by atoms with van der Waals surface area (Å²) in [5, 5.41) is 0.669. The molecule has 2 saturated heterocycles. The van der Waals surface area contributed by atoms with Crippen molar-refractivity contribution in [3.63, 3.8) is 0 Å². The highest BCUT2D eigenvalue weighted by molar-refractivity contribution is 7.91. The molecule has 2 aliphatic heterocycles. The van der Waals surface area contributed by atoms with Gasteiger partial charge in [0.1, 0.15) is 0 Å². The smallest absolute Gasteiger partial charge is 0.254 e. The van der Waals surface area contributed by atoms with Crippen LogP contribution < -0.4 is 0 Å². The van der Waals surface area contributed by atoms with E-state index in [1.807, 2.05) is 0 Å². The van der Waals surface area contributed by atoms with Gasteiger partial charge in [0.2, 0.25) is 0 Å². The molecule has 3 rings (SSSR count). The van der Waals surface area contributed by atoms with Crippen molar-refractivity contribution in [1.82, 2.24) is 4.90 Å². The SMILES string of the molecule is O=C(c1ccc(Cl)c(Cl)c1)N1CCOC2CS(=O)(=O)CC21. The summed E-state index contributed by atoms with van der Waals surface area (Å²) in [5.74, 6) is -0.322. The van der Waals surface area contributed by atoms with Crippen LogP contribution in [0.3, 0.4) is 0 Å². The van der Waals surface area contributed by atoms with Gasteiger partial charge in [0.25, 0.3) is 5.91 Å². The zero-order valence-electron chi connectivity index (χ0n) is 11.0. The van der Waals surface area contributed by atoms with E-state index in [1.165, 1.54) is 6.07 Å². The molecule has 0 radical (unpaired) electrons. The summed E-state index contributed by atoms with van der Waals surface area (Å²) in [6.45, 7) is 0.708. The van der Waals surface area contributed by atoms with Crippen molar-refractivity contribution in [3.8, 4) is 0 Å². The maximum absolute atomic E-state index is 12.6. The molecule has 0 spiro atoms. The van der Waals surface area contributed by atoms with Gasteiger partial charge in [-0.1, -0.05) is 23.2 Å². The third kappa shape index (κ3) is 2.90. The van der Waals surface area contributed by atoms with Crippen molar-refractivity contribution in [2.75, 3.05) is 24.7 Å². The Bertz CT molecular complexity index is 691. The number of morpholine rings is 1. The minimum atomic E-state index is -3.16. The van der Waals surface area contributed by atoms with Crippen LogP contribution in [0.5, 0.6) is 0 Å². The van der Waals surface area contributed by atoms with Crippen molar-refractivity contribution in [1.29, 1.82) is 0 Å². The fourth-order valence-corrected chi connectivity index (χ4v) is 4.93. The summed E-state index contributed by atoms with van der Waals surface area (Å²) in [4.78, 5) is 14.2. The second-order valence-corrected chi connectivity index (χ2v) is 8.15. The summed E-state index contributed by atoms with van der Waals surface area (Å²) < 4.78 is 29.0. The number of hydrogen-bond acceptors (Lipinski definition) is 4. The monoisotopic (exact) mass is 349 g/mol. The normalized spacial score (nSPS) is 27.4. The predicted octanol–water partition coefficient (Wildman–Crippen LogP) is 1.63. The van der Waals surface area contributed by atoms with E-state index >= 15 is 0 Å². The summed E-state index contributed by atoms with van der Waals surface area (Å²) >= 11 is 11.8. The van der Waals surface area contributed by atoms with Crippen LogP contribution in [0.4, 0.5) is 0 Å². The van der Waals surface area contributed by atoms with Gasteiger partial charge >= 0.3 is 0 Å². The molecule has 2 aliphatic rings. The Balaban J connectivity index is 1.88. The number of amides is 1. The molecule has 21 heavy (non-hydrogen) atoms. The molecule has 2 heterocycles. The Morgan fingerprint density at radius 1 is 1.24 bits per heavy atom. The number of benzene rings is 1. The Labute approximate surface area is 132 Å². The number of halogens is 2. The minimum absolute atomic E-state index is 0.0250. The molecule has 5 nitrogen and oxygen atoms in total. The van der Waals surface area contributed by atoms with Crippen LogP contribution in [0.1, 0.15) is 10.4 Å². The number of fused-ring (bicyclic) bond motifs is 1. The first-order valence-corrected chi connectivity index (χ1v) is 9.03. The minimum Gasteiger partial charge on any atom is -0.373 e. The summed E-state index contributed by atoms with van der Waals surface area (Å²) in [5.41, 5.74) is 0.398. The number of nitrogens with zero attached hydrogens (tertiary/aromatic N) is 1. The third-order valence-electron chi connectivity index (χ3n) is 3.76. The number of carbonyl (C=O) groups excluding carboxylic acids is 1. The fourth-order valence-electron chi connectivity index (χ4n) is 2.76. The third-order valence-corrected chi connectivity index (χ3v) is 6.19. The van der Waals surface area contributed by atoms with Crippen molar-refractivity contribution in [3.05, 3.63) is 33.8 Å². The van der Waals surface area contributed by atoms with E-state index in [0.29, 0.717) is 28.8 Å². The van der Waals surface area contributed by atoms with E-state index in [2.05, 4.69) is 0 Å². The highest BCUT2D eigenvalue weighted by Crippen LogP contribution is 2.28. The van der Waals surface area contributed by atoms with Gasteiger partial charge in [0.05, 0.1) is 40.3 Å². The van der Waals surface area contributed by atoms with Crippen molar-refractivity contribution in [2.24, 2.45) is 0 Å². The van der Waals surface area contributed by atoms with Gasteiger partial charge in [-0.15, -0.1) is 0 Å². The number of ether oxygens (including phenoxy) is 1. The average Bonchev–Trinajstić information content (AvgIpc) is 2.74. The largest absolute Gasteiger partial charge is 0.373 e. The number of rotatable bonds is 1. The van der Waals surface area contributed by atoms with E-state index < -0.39 is 22.0 Å². The Kier molecular flexibility index (Phi) is 3.90. The molecule has 1 amide bonds. The molecular formula is C13H13Cl2NO4S. The van der Waals surface area contributed by atoms with Gasteiger partial charge in [0.15, 0.2) is 9.84 Å². The van der Waals surface area contributed by atoms with Crippen molar-refractivity contribution < 1.29 is 17.9 Å². The summed E-state index contributed by atoms with van der Waals surface area (Å²) in [6.07, 6.45) is -0.435. The lowest BCUT2D eigenvalue weighted by Crippen LogP contribution is -2.53. The van der Waals surface area contributed by atoms with Crippen LogP contribution in [0.15, 0.2) is 18.2 Å². The van der Waals surface area contributed by atoms with Crippen LogP contribution in [0, 0.1) is 0 Å². The first-order chi connectivity index (χ1) is 9.87. The maximum atomic E-state index is 12.6. The summed E-state index contributed by atoms with van der Waals surface area (Å²) in [6, 6.07) is 4.22. The highest BCUT2D eigenvalue weighted by Gasteiger charge is 2.45. The van der Waals surface area contributed by atoms with Gasteiger partial charge in [-0.2, -0.15) is 0 Å². The predicted molar refractivity (Wildman–Crippen MR) is 79.7 cm³/mol. The topological polar surface area (TPSA) is 63.7 Å². The molecule has 1 aromatic rings. The Morgan fingerprint density at radius 3 is 2.71 bits per heavy atom. The van der Waals surface area contributed by atoms with E-state index in [-0.39, 0.29) is 17.4 Å². The van der Waals surface area contributed by atoms with Crippen LogP contribution in [-0.4, -0.2) is 56.0 Å². The number of sulfone groups is 1. The second-order valence-electron chi connectivity index (χ2n) is 5.18. The van der Waals surface area contributed by atoms with Crippen LogP contribution in [0.2, 0.25) is 10.0 Å². The molecule has 114 valence electrons. The second kappa shape index (κ2) is 5.43.